The molecule has 1 amide bonds. The van der Waals surface area contributed by atoms with Crippen molar-refractivity contribution < 1.29 is 23.8 Å². The second-order valence-corrected chi connectivity index (χ2v) is 8.83. The molecule has 0 aromatic heterocycles. The van der Waals surface area contributed by atoms with Crippen LogP contribution in [0.1, 0.15) is 52.0 Å². The lowest BCUT2D eigenvalue weighted by Gasteiger charge is -2.28. The zero-order chi connectivity index (χ0) is 20.3. The van der Waals surface area contributed by atoms with E-state index in [-0.39, 0.29) is 18.5 Å². The number of benzene rings is 1. The lowest BCUT2D eigenvalue weighted by Crippen LogP contribution is -2.49. The van der Waals surface area contributed by atoms with Crippen LogP contribution in [-0.2, 0) is 20.9 Å². The van der Waals surface area contributed by atoms with Crippen LogP contribution in [0, 0.1) is 17.8 Å². The Balaban J connectivity index is 1.66. The van der Waals surface area contributed by atoms with Gasteiger partial charge in [-0.2, -0.15) is 0 Å². The van der Waals surface area contributed by atoms with E-state index in [0.717, 1.165) is 37.0 Å². The smallest absolute Gasteiger partial charge is 0.408 e. The van der Waals surface area contributed by atoms with Crippen LogP contribution in [0.15, 0.2) is 24.3 Å². The lowest BCUT2D eigenvalue weighted by atomic mass is 9.89. The van der Waals surface area contributed by atoms with Gasteiger partial charge >= 0.3 is 12.1 Å². The van der Waals surface area contributed by atoms with Crippen molar-refractivity contribution in [1.29, 1.82) is 0 Å². The van der Waals surface area contributed by atoms with E-state index in [4.69, 9.17) is 14.2 Å². The molecule has 154 valence electrons. The van der Waals surface area contributed by atoms with Crippen molar-refractivity contribution in [2.45, 2.75) is 64.7 Å². The molecule has 0 aliphatic heterocycles. The summed E-state index contributed by atoms with van der Waals surface area (Å²) < 4.78 is 16.1. The van der Waals surface area contributed by atoms with Gasteiger partial charge in [0.25, 0.3) is 0 Å². The van der Waals surface area contributed by atoms with E-state index in [9.17, 15) is 9.59 Å². The second-order valence-electron chi connectivity index (χ2n) is 8.83. The van der Waals surface area contributed by atoms with E-state index in [0.29, 0.717) is 11.8 Å². The Morgan fingerprint density at radius 3 is 2.11 bits per heavy atom. The zero-order valence-corrected chi connectivity index (χ0v) is 17.2. The maximum absolute atomic E-state index is 12.9. The Morgan fingerprint density at radius 1 is 1.07 bits per heavy atom. The van der Waals surface area contributed by atoms with Crippen molar-refractivity contribution in [3.8, 4) is 5.75 Å². The first-order valence-electron chi connectivity index (χ1n) is 10.1. The molecule has 2 saturated carbocycles. The third-order valence-corrected chi connectivity index (χ3v) is 5.18. The van der Waals surface area contributed by atoms with Crippen LogP contribution in [0.3, 0.4) is 0 Å². The Labute approximate surface area is 166 Å². The average Bonchev–Trinajstić information content (AvgIpc) is 3.52. The first-order chi connectivity index (χ1) is 13.3. The maximum Gasteiger partial charge on any atom is 0.408 e. The van der Waals surface area contributed by atoms with Gasteiger partial charge in [-0.3, -0.25) is 0 Å². The SMILES string of the molecule is COc1ccc(COC(=O)[C@H](NC(=O)OC(C)(C)C)C(C2CC2)C2CC2)cc1. The molecule has 1 N–H and O–H groups in total. The van der Waals surface area contributed by atoms with Crippen molar-refractivity contribution in [3.63, 3.8) is 0 Å². The molecule has 0 radical (unpaired) electrons. The number of amides is 1. The van der Waals surface area contributed by atoms with Gasteiger partial charge in [-0.15, -0.1) is 0 Å². The molecule has 2 fully saturated rings. The number of rotatable bonds is 8. The number of methoxy groups -OCH3 is 1. The third-order valence-electron chi connectivity index (χ3n) is 5.18. The number of alkyl carbamates (subject to hydrolysis) is 1. The molecule has 1 aromatic rings. The molecule has 0 heterocycles. The molecule has 0 bridgehead atoms. The zero-order valence-electron chi connectivity index (χ0n) is 17.2. The highest BCUT2D eigenvalue weighted by Crippen LogP contribution is 2.51. The van der Waals surface area contributed by atoms with Gasteiger partial charge in [0.1, 0.15) is 24.0 Å². The molecule has 1 aromatic carbocycles. The van der Waals surface area contributed by atoms with Crippen LogP contribution in [-0.4, -0.2) is 30.8 Å². The van der Waals surface area contributed by atoms with Gasteiger partial charge in [0.2, 0.25) is 0 Å². The lowest BCUT2D eigenvalue weighted by molar-refractivity contribution is -0.149. The van der Waals surface area contributed by atoms with Gasteiger partial charge in [-0.25, -0.2) is 9.59 Å². The highest BCUT2D eigenvalue weighted by atomic mass is 16.6. The van der Waals surface area contributed by atoms with Crippen molar-refractivity contribution >= 4 is 12.1 Å². The standard InChI is InChI=1S/C22H31NO5/c1-22(2,3)28-21(25)23-19(18(15-7-8-15)16-9-10-16)20(24)27-13-14-5-11-17(26-4)12-6-14/h5-6,11-12,15-16,18-19H,7-10,13H2,1-4H3,(H,23,25)/t19-/m1/s1. The van der Waals surface area contributed by atoms with Crippen LogP contribution in [0.2, 0.25) is 0 Å². The van der Waals surface area contributed by atoms with E-state index >= 15 is 0 Å². The van der Waals surface area contributed by atoms with Crippen LogP contribution in [0.5, 0.6) is 5.75 Å². The molecule has 0 unspecified atom stereocenters. The minimum Gasteiger partial charge on any atom is -0.497 e. The molecule has 6 heteroatoms. The molecular weight excluding hydrogens is 358 g/mol. The normalized spacial score (nSPS) is 17.8. The van der Waals surface area contributed by atoms with Crippen molar-refractivity contribution in [1.82, 2.24) is 5.32 Å². The molecular formula is C22H31NO5. The van der Waals surface area contributed by atoms with Crippen molar-refractivity contribution in [2.24, 2.45) is 17.8 Å². The van der Waals surface area contributed by atoms with Gasteiger partial charge in [0.15, 0.2) is 0 Å². The summed E-state index contributed by atoms with van der Waals surface area (Å²) in [6.07, 6.45) is 3.88. The average molecular weight is 389 g/mol. The van der Waals surface area contributed by atoms with Gasteiger partial charge in [0.05, 0.1) is 7.11 Å². The Hall–Kier alpha value is -2.24. The molecule has 1 atom stereocenters. The van der Waals surface area contributed by atoms with Crippen molar-refractivity contribution in [2.75, 3.05) is 7.11 Å². The summed E-state index contributed by atoms with van der Waals surface area (Å²) in [5.74, 6) is 1.48. The second kappa shape index (κ2) is 8.41. The van der Waals surface area contributed by atoms with Crippen molar-refractivity contribution in [3.05, 3.63) is 29.8 Å². The van der Waals surface area contributed by atoms with E-state index in [2.05, 4.69) is 5.32 Å². The topological polar surface area (TPSA) is 73.9 Å². The van der Waals surface area contributed by atoms with Gasteiger partial charge in [-0.1, -0.05) is 12.1 Å². The largest absolute Gasteiger partial charge is 0.497 e. The monoisotopic (exact) mass is 389 g/mol. The number of carbonyl (C=O) groups excluding carboxylic acids is 2. The maximum atomic E-state index is 12.9. The molecule has 2 aliphatic rings. The summed E-state index contributed by atoms with van der Waals surface area (Å²) in [6.45, 7) is 5.59. The predicted molar refractivity (Wildman–Crippen MR) is 105 cm³/mol. The number of carbonyl (C=O) groups is 2. The number of nitrogens with one attached hydrogen (secondary N) is 1. The fourth-order valence-corrected chi connectivity index (χ4v) is 3.60. The predicted octanol–water partition coefficient (Wildman–Crippen LogP) is 4.07. The Bertz CT molecular complexity index is 674. The first kappa shape index (κ1) is 20.5. The number of hydrogen-bond acceptors (Lipinski definition) is 5. The van der Waals surface area contributed by atoms with Gasteiger partial charge in [0, 0.05) is 0 Å². The summed E-state index contributed by atoms with van der Waals surface area (Å²) in [6, 6.07) is 6.73. The van der Waals surface area contributed by atoms with Crippen LogP contribution in [0.25, 0.3) is 0 Å². The van der Waals surface area contributed by atoms with Gasteiger partial charge < -0.3 is 19.5 Å². The van der Waals surface area contributed by atoms with Crippen LogP contribution >= 0.6 is 0 Å². The van der Waals surface area contributed by atoms with E-state index in [1.807, 2.05) is 45.0 Å². The molecule has 0 saturated heterocycles. The summed E-state index contributed by atoms with van der Waals surface area (Å²) >= 11 is 0. The molecule has 2 aliphatic carbocycles. The number of hydrogen-bond donors (Lipinski definition) is 1. The summed E-state index contributed by atoms with van der Waals surface area (Å²) in [4.78, 5) is 25.3. The highest BCUT2D eigenvalue weighted by molar-refractivity contribution is 5.82. The minimum atomic E-state index is -0.659. The highest BCUT2D eigenvalue weighted by Gasteiger charge is 2.49. The van der Waals surface area contributed by atoms with E-state index < -0.39 is 17.7 Å². The number of ether oxygens (including phenoxy) is 3. The molecule has 28 heavy (non-hydrogen) atoms. The molecule has 6 nitrogen and oxygen atoms in total. The summed E-state index contributed by atoms with van der Waals surface area (Å²) in [7, 11) is 1.61. The first-order valence-corrected chi connectivity index (χ1v) is 10.1. The van der Waals surface area contributed by atoms with Crippen LogP contribution in [0.4, 0.5) is 4.79 Å². The minimum absolute atomic E-state index is 0.135. The van der Waals surface area contributed by atoms with Gasteiger partial charge in [-0.05, 0) is 81.9 Å². The molecule has 0 spiro atoms. The quantitative estimate of drug-likeness (QED) is 0.679. The fraction of sp³-hybridized carbons (Fsp3) is 0.636. The Morgan fingerprint density at radius 2 is 1.64 bits per heavy atom. The third kappa shape index (κ3) is 5.88. The summed E-state index contributed by atoms with van der Waals surface area (Å²) in [5.41, 5.74) is 0.260. The number of esters is 1. The summed E-state index contributed by atoms with van der Waals surface area (Å²) in [5, 5.41) is 2.81. The Kier molecular flexibility index (Phi) is 6.16. The fourth-order valence-electron chi connectivity index (χ4n) is 3.60. The molecule has 3 rings (SSSR count). The van der Waals surface area contributed by atoms with E-state index in [1.54, 1.807) is 7.11 Å². The van der Waals surface area contributed by atoms with E-state index in [1.165, 1.54) is 0 Å². The van der Waals surface area contributed by atoms with Crippen LogP contribution < -0.4 is 10.1 Å².